The molecule has 1 aromatic carbocycles. The van der Waals surface area contributed by atoms with E-state index in [2.05, 4.69) is 30.8 Å². The zero-order valence-electron chi connectivity index (χ0n) is 13.1. The minimum Gasteiger partial charge on any atom is -0.306 e. The second-order valence-corrected chi connectivity index (χ2v) is 6.68. The number of hydrogen-bond acceptors (Lipinski definition) is 3. The Kier molecular flexibility index (Phi) is 3.57. The summed E-state index contributed by atoms with van der Waals surface area (Å²) >= 11 is 0. The molecule has 1 atom stereocenters. The largest absolute Gasteiger partial charge is 0.306 e. The van der Waals surface area contributed by atoms with Gasteiger partial charge in [0.05, 0.1) is 17.2 Å². The van der Waals surface area contributed by atoms with E-state index in [0.717, 1.165) is 43.4 Å². The molecule has 0 unspecified atom stereocenters. The first kappa shape index (κ1) is 14.3. The van der Waals surface area contributed by atoms with Crippen LogP contribution in [0.1, 0.15) is 25.8 Å². The summed E-state index contributed by atoms with van der Waals surface area (Å²) in [5.74, 6) is 0. The van der Waals surface area contributed by atoms with Gasteiger partial charge in [-0.1, -0.05) is 19.9 Å². The molecule has 1 aliphatic rings. The lowest BCUT2D eigenvalue weighted by Crippen LogP contribution is -2.32. The average molecular weight is 285 g/mol. The normalized spacial score (nSPS) is 23.0. The quantitative estimate of drug-likeness (QED) is 0.868. The van der Waals surface area contributed by atoms with Crippen molar-refractivity contribution in [2.75, 3.05) is 20.1 Å². The van der Waals surface area contributed by atoms with Crippen LogP contribution in [0.15, 0.2) is 29.3 Å². The van der Waals surface area contributed by atoms with Crippen molar-refractivity contribution in [1.82, 2.24) is 14.5 Å². The van der Waals surface area contributed by atoms with Crippen molar-refractivity contribution >= 4 is 10.9 Å². The highest BCUT2D eigenvalue weighted by Crippen LogP contribution is 2.30. The highest BCUT2D eigenvalue weighted by molar-refractivity contribution is 5.78. The van der Waals surface area contributed by atoms with Gasteiger partial charge in [0.1, 0.15) is 0 Å². The lowest BCUT2D eigenvalue weighted by molar-refractivity contribution is 0.265. The van der Waals surface area contributed by atoms with Gasteiger partial charge in [0, 0.05) is 13.1 Å². The molecule has 1 aromatic heterocycles. The number of fused-ring (bicyclic) bond motifs is 1. The first-order valence-electron chi connectivity index (χ1n) is 7.67. The molecule has 1 fully saturated rings. The van der Waals surface area contributed by atoms with Crippen molar-refractivity contribution in [3.05, 3.63) is 40.4 Å². The molecule has 3 rings (SSSR count). The summed E-state index contributed by atoms with van der Waals surface area (Å²) in [6, 6.07) is 5.99. The molecule has 0 saturated carbocycles. The van der Waals surface area contributed by atoms with E-state index in [1.54, 1.807) is 10.9 Å². The molecule has 0 radical (unpaired) electrons. The second-order valence-electron chi connectivity index (χ2n) is 6.68. The topological polar surface area (TPSA) is 38.1 Å². The number of hydrogen-bond donors (Lipinski definition) is 0. The number of nitrogens with zero attached hydrogens (tertiary/aromatic N) is 3. The number of benzene rings is 1. The molecule has 2 aromatic rings. The monoisotopic (exact) mass is 285 g/mol. The van der Waals surface area contributed by atoms with Gasteiger partial charge in [-0.2, -0.15) is 0 Å². The van der Waals surface area contributed by atoms with Gasteiger partial charge < -0.3 is 4.90 Å². The Morgan fingerprint density at radius 2 is 2.19 bits per heavy atom. The van der Waals surface area contributed by atoms with Crippen LogP contribution in [0.4, 0.5) is 0 Å². The predicted octanol–water partition coefficient (Wildman–Crippen LogP) is 2.30. The van der Waals surface area contributed by atoms with Crippen molar-refractivity contribution in [2.45, 2.75) is 33.2 Å². The van der Waals surface area contributed by atoms with Gasteiger partial charge in [-0.25, -0.2) is 4.98 Å². The summed E-state index contributed by atoms with van der Waals surface area (Å²) in [5, 5.41) is 0.742. The van der Waals surface area contributed by atoms with Gasteiger partial charge in [-0.3, -0.25) is 9.36 Å². The fraction of sp³-hybridized carbons (Fsp3) is 0.529. The maximum atomic E-state index is 12.7. The Labute approximate surface area is 125 Å². The van der Waals surface area contributed by atoms with Crippen LogP contribution in [0, 0.1) is 5.41 Å². The zero-order valence-corrected chi connectivity index (χ0v) is 13.1. The van der Waals surface area contributed by atoms with E-state index in [0.29, 0.717) is 0 Å². The number of aromatic nitrogens is 2. The van der Waals surface area contributed by atoms with Gasteiger partial charge in [-0.05, 0) is 49.5 Å². The SMILES string of the molecule is CCc1ccc2ncn(C[C@@]3(C)CCN(C)C3)c(=O)c2c1. The molecular weight excluding hydrogens is 262 g/mol. The first-order chi connectivity index (χ1) is 10.0. The molecule has 1 saturated heterocycles. The highest BCUT2D eigenvalue weighted by atomic mass is 16.1. The first-order valence-corrected chi connectivity index (χ1v) is 7.67. The lowest BCUT2D eigenvalue weighted by Gasteiger charge is -2.24. The van der Waals surface area contributed by atoms with E-state index in [9.17, 15) is 4.79 Å². The van der Waals surface area contributed by atoms with Crippen LogP contribution >= 0.6 is 0 Å². The van der Waals surface area contributed by atoms with Gasteiger partial charge in [0.2, 0.25) is 0 Å². The van der Waals surface area contributed by atoms with Gasteiger partial charge in [0.15, 0.2) is 0 Å². The van der Waals surface area contributed by atoms with Crippen molar-refractivity contribution in [2.24, 2.45) is 5.41 Å². The molecule has 0 aliphatic carbocycles. The molecular formula is C17H23N3O. The third kappa shape index (κ3) is 2.72. The second kappa shape index (κ2) is 5.26. The minimum absolute atomic E-state index is 0.0890. The Morgan fingerprint density at radius 1 is 1.38 bits per heavy atom. The van der Waals surface area contributed by atoms with E-state index in [4.69, 9.17) is 0 Å². The molecule has 1 aliphatic heterocycles. The zero-order chi connectivity index (χ0) is 15.0. The smallest absolute Gasteiger partial charge is 0.261 e. The van der Waals surface area contributed by atoms with Crippen LogP contribution in [0.3, 0.4) is 0 Å². The van der Waals surface area contributed by atoms with Crippen LogP contribution in [-0.2, 0) is 13.0 Å². The van der Waals surface area contributed by atoms with Gasteiger partial charge in [-0.15, -0.1) is 0 Å². The average Bonchev–Trinajstić information content (AvgIpc) is 2.81. The number of rotatable bonds is 3. The summed E-state index contributed by atoms with van der Waals surface area (Å²) in [5.41, 5.74) is 2.23. The van der Waals surface area contributed by atoms with Crippen molar-refractivity contribution < 1.29 is 0 Å². The molecule has 0 spiro atoms. The number of aryl methyl sites for hydroxylation is 1. The minimum atomic E-state index is 0.0890. The van der Waals surface area contributed by atoms with E-state index >= 15 is 0 Å². The molecule has 4 nitrogen and oxygen atoms in total. The van der Waals surface area contributed by atoms with E-state index in [1.165, 1.54) is 5.56 Å². The van der Waals surface area contributed by atoms with E-state index in [-0.39, 0.29) is 11.0 Å². The maximum Gasteiger partial charge on any atom is 0.261 e. The summed E-state index contributed by atoms with van der Waals surface area (Å²) in [6.07, 6.45) is 3.77. The summed E-state index contributed by atoms with van der Waals surface area (Å²) in [4.78, 5) is 19.5. The predicted molar refractivity (Wildman–Crippen MR) is 85.6 cm³/mol. The summed E-state index contributed by atoms with van der Waals surface area (Å²) in [6.45, 7) is 7.25. The van der Waals surface area contributed by atoms with Crippen LogP contribution < -0.4 is 5.56 Å². The molecule has 2 heterocycles. The van der Waals surface area contributed by atoms with Gasteiger partial charge in [0.25, 0.3) is 5.56 Å². The summed E-state index contributed by atoms with van der Waals surface area (Å²) < 4.78 is 1.79. The highest BCUT2D eigenvalue weighted by Gasteiger charge is 2.32. The third-order valence-electron chi connectivity index (χ3n) is 4.60. The van der Waals surface area contributed by atoms with Crippen LogP contribution in [0.2, 0.25) is 0 Å². The Hall–Kier alpha value is -1.68. The maximum absolute atomic E-state index is 12.7. The number of likely N-dealkylation sites (tertiary alicyclic amines) is 1. The van der Waals surface area contributed by atoms with Crippen molar-refractivity contribution in [3.8, 4) is 0 Å². The van der Waals surface area contributed by atoms with Crippen LogP contribution in [-0.4, -0.2) is 34.6 Å². The lowest BCUT2D eigenvalue weighted by atomic mass is 9.90. The Balaban J connectivity index is 2.00. The fourth-order valence-electron chi connectivity index (χ4n) is 3.35. The Morgan fingerprint density at radius 3 is 2.86 bits per heavy atom. The third-order valence-corrected chi connectivity index (χ3v) is 4.60. The van der Waals surface area contributed by atoms with Crippen LogP contribution in [0.5, 0.6) is 0 Å². The standard InChI is InChI=1S/C17H23N3O/c1-4-13-5-6-15-14(9-13)16(21)20(12-18-15)11-17(2)7-8-19(3)10-17/h5-6,9,12H,4,7-8,10-11H2,1-3H3/t17-/m0/s1. The fourth-order valence-corrected chi connectivity index (χ4v) is 3.35. The van der Waals surface area contributed by atoms with Crippen molar-refractivity contribution in [3.63, 3.8) is 0 Å². The molecule has 21 heavy (non-hydrogen) atoms. The van der Waals surface area contributed by atoms with Crippen LogP contribution in [0.25, 0.3) is 10.9 Å². The molecule has 4 heteroatoms. The Bertz CT molecular complexity index is 722. The van der Waals surface area contributed by atoms with Gasteiger partial charge >= 0.3 is 0 Å². The molecule has 0 amide bonds. The van der Waals surface area contributed by atoms with E-state index in [1.807, 2.05) is 18.2 Å². The molecule has 0 N–H and O–H groups in total. The summed E-state index contributed by atoms with van der Waals surface area (Å²) in [7, 11) is 2.14. The van der Waals surface area contributed by atoms with Crippen molar-refractivity contribution in [1.29, 1.82) is 0 Å². The molecule has 0 bridgehead atoms. The molecule has 112 valence electrons. The van der Waals surface area contributed by atoms with E-state index < -0.39 is 0 Å².